The Balaban J connectivity index is 1.60. The highest BCUT2D eigenvalue weighted by atomic mass is 32.2. The first-order valence-corrected chi connectivity index (χ1v) is 14.3. The van der Waals surface area contributed by atoms with Gasteiger partial charge in [0.25, 0.3) is 10.0 Å². The minimum Gasteiger partial charge on any atom is -0.478 e. The molecule has 5 aromatic rings. The molecule has 0 saturated carbocycles. The van der Waals surface area contributed by atoms with Crippen LogP contribution in [-0.4, -0.2) is 29.0 Å². The first-order valence-electron chi connectivity index (χ1n) is 12.8. The molecule has 0 spiro atoms. The van der Waals surface area contributed by atoms with Crippen LogP contribution in [0.4, 0.5) is 5.69 Å². The molecule has 0 amide bonds. The number of nitrogens with one attached hydrogen (secondary N) is 1. The number of aromatic nitrogens is 2. The summed E-state index contributed by atoms with van der Waals surface area (Å²) in [7, 11) is -3.75. The molecule has 0 unspecified atom stereocenters. The van der Waals surface area contributed by atoms with Gasteiger partial charge in [0.15, 0.2) is 0 Å². The van der Waals surface area contributed by atoms with E-state index >= 15 is 0 Å². The number of benzene rings is 4. The molecule has 0 saturated heterocycles. The quantitative estimate of drug-likeness (QED) is 0.213. The molecule has 4 aromatic carbocycles. The zero-order valence-corrected chi connectivity index (χ0v) is 22.6. The van der Waals surface area contributed by atoms with Gasteiger partial charge in [-0.25, -0.2) is 18.2 Å². The second-order valence-corrected chi connectivity index (χ2v) is 11.1. The molecule has 7 nitrogen and oxygen atoms in total. The number of hydrogen-bond acceptors (Lipinski definition) is 4. The Morgan fingerprint density at radius 2 is 1.67 bits per heavy atom. The third-order valence-corrected chi connectivity index (χ3v) is 8.10. The fourth-order valence-electron chi connectivity index (χ4n) is 4.79. The number of rotatable bonds is 9. The summed E-state index contributed by atoms with van der Waals surface area (Å²) in [6.07, 6.45) is 2.73. The summed E-state index contributed by atoms with van der Waals surface area (Å²) >= 11 is 0. The SMILES string of the molecule is CCCCc1nc2ccc(NS(=O)(=O)c3ccccc3)cc2n1-c1ccc(-c2ccccc2C(=O)O)c(C)c1. The average molecular weight is 540 g/mol. The summed E-state index contributed by atoms with van der Waals surface area (Å²) < 4.78 is 30.7. The second-order valence-electron chi connectivity index (χ2n) is 9.44. The number of carboxylic acids is 1. The van der Waals surface area contributed by atoms with Gasteiger partial charge in [0.1, 0.15) is 5.82 Å². The molecule has 0 atom stereocenters. The molecule has 2 N–H and O–H groups in total. The number of hydrogen-bond donors (Lipinski definition) is 2. The maximum atomic E-state index is 13.0. The Morgan fingerprint density at radius 3 is 2.38 bits per heavy atom. The van der Waals surface area contributed by atoms with Crippen LogP contribution in [0.15, 0.2) is 95.9 Å². The number of aryl methyl sites for hydroxylation is 2. The van der Waals surface area contributed by atoms with Crippen LogP contribution in [0.25, 0.3) is 27.8 Å². The van der Waals surface area contributed by atoms with Crippen molar-refractivity contribution in [2.75, 3.05) is 4.72 Å². The summed E-state index contributed by atoms with van der Waals surface area (Å²) in [5.41, 5.74) is 5.54. The fraction of sp³-hybridized carbons (Fsp3) is 0.161. The summed E-state index contributed by atoms with van der Waals surface area (Å²) in [6, 6.07) is 26.5. The van der Waals surface area contributed by atoms with Crippen LogP contribution in [0.2, 0.25) is 0 Å². The van der Waals surface area contributed by atoms with Crippen molar-refractivity contribution >= 4 is 32.7 Å². The van der Waals surface area contributed by atoms with Crippen molar-refractivity contribution in [3.8, 4) is 16.8 Å². The van der Waals surface area contributed by atoms with Crippen molar-refractivity contribution in [3.63, 3.8) is 0 Å². The lowest BCUT2D eigenvalue weighted by Crippen LogP contribution is -2.12. The standard InChI is InChI=1S/C31H29N3O4S/c1-3-4-14-30-32-28-18-15-22(33-39(37,38)24-10-6-5-7-11-24)20-29(28)34(30)23-16-17-25(21(2)19-23)26-12-8-9-13-27(26)31(35)36/h5-13,15-20,33H,3-4,14H2,1-2H3,(H,35,36). The highest BCUT2D eigenvalue weighted by Gasteiger charge is 2.18. The first-order chi connectivity index (χ1) is 18.8. The number of anilines is 1. The molecule has 0 aliphatic rings. The van der Waals surface area contributed by atoms with E-state index in [1.165, 1.54) is 0 Å². The van der Waals surface area contributed by atoms with Gasteiger partial charge in [-0.3, -0.25) is 9.29 Å². The van der Waals surface area contributed by atoms with E-state index in [0.29, 0.717) is 11.3 Å². The highest BCUT2D eigenvalue weighted by Crippen LogP contribution is 2.32. The first kappa shape index (κ1) is 26.2. The number of imidazole rings is 1. The van der Waals surface area contributed by atoms with E-state index in [1.807, 2.05) is 43.3 Å². The highest BCUT2D eigenvalue weighted by molar-refractivity contribution is 7.92. The lowest BCUT2D eigenvalue weighted by molar-refractivity contribution is 0.0697. The van der Waals surface area contributed by atoms with Crippen LogP contribution in [0.3, 0.4) is 0 Å². The number of fused-ring (bicyclic) bond motifs is 1. The Morgan fingerprint density at radius 1 is 0.923 bits per heavy atom. The maximum absolute atomic E-state index is 13.0. The predicted octanol–water partition coefficient (Wildman–Crippen LogP) is 6.84. The van der Waals surface area contributed by atoms with Crippen LogP contribution < -0.4 is 4.72 Å². The summed E-state index contributed by atoms with van der Waals surface area (Å²) in [4.78, 5) is 16.9. The third-order valence-electron chi connectivity index (χ3n) is 6.70. The van der Waals surface area contributed by atoms with E-state index < -0.39 is 16.0 Å². The van der Waals surface area contributed by atoms with Crippen molar-refractivity contribution in [1.29, 1.82) is 0 Å². The number of aromatic carboxylic acids is 1. The third kappa shape index (κ3) is 5.28. The number of unbranched alkanes of at least 4 members (excludes halogenated alkanes) is 1. The normalized spacial score (nSPS) is 11.5. The summed E-state index contributed by atoms with van der Waals surface area (Å²) in [5.74, 6) is -0.0879. The maximum Gasteiger partial charge on any atom is 0.336 e. The lowest BCUT2D eigenvalue weighted by Gasteiger charge is -2.15. The Labute approximate surface area is 227 Å². The van der Waals surface area contributed by atoms with Gasteiger partial charge in [0.2, 0.25) is 0 Å². The van der Waals surface area contributed by atoms with Gasteiger partial charge >= 0.3 is 5.97 Å². The molecular weight excluding hydrogens is 510 g/mol. The molecule has 0 aliphatic carbocycles. The molecule has 8 heteroatoms. The molecule has 5 rings (SSSR count). The number of carboxylic acid groups (broad SMARTS) is 1. The van der Waals surface area contributed by atoms with Crippen LogP contribution in [0.1, 0.15) is 41.5 Å². The molecule has 0 fully saturated rings. The van der Waals surface area contributed by atoms with E-state index in [9.17, 15) is 18.3 Å². The minimum atomic E-state index is -3.75. The Hall–Kier alpha value is -4.43. The van der Waals surface area contributed by atoms with Crippen LogP contribution >= 0.6 is 0 Å². The molecule has 198 valence electrons. The van der Waals surface area contributed by atoms with Crippen molar-refractivity contribution < 1.29 is 18.3 Å². The fourth-order valence-corrected chi connectivity index (χ4v) is 5.86. The topological polar surface area (TPSA) is 101 Å². The van der Waals surface area contributed by atoms with E-state index in [2.05, 4.69) is 16.2 Å². The monoisotopic (exact) mass is 539 g/mol. The largest absolute Gasteiger partial charge is 0.478 e. The van der Waals surface area contributed by atoms with Gasteiger partial charge in [-0.1, -0.05) is 55.8 Å². The number of sulfonamides is 1. The average Bonchev–Trinajstić information content (AvgIpc) is 3.29. The van der Waals surface area contributed by atoms with Crippen molar-refractivity contribution in [2.45, 2.75) is 38.0 Å². The Bertz CT molecular complexity index is 1780. The molecule has 1 aromatic heterocycles. The van der Waals surface area contributed by atoms with Gasteiger partial charge in [-0.05, 0) is 78.6 Å². The molecule has 39 heavy (non-hydrogen) atoms. The van der Waals surface area contributed by atoms with Gasteiger partial charge < -0.3 is 5.11 Å². The smallest absolute Gasteiger partial charge is 0.336 e. The van der Waals surface area contributed by atoms with Gasteiger partial charge in [-0.15, -0.1) is 0 Å². The van der Waals surface area contributed by atoms with Gasteiger partial charge in [-0.2, -0.15) is 0 Å². The van der Waals surface area contributed by atoms with Gasteiger partial charge in [0, 0.05) is 12.1 Å². The second kappa shape index (κ2) is 10.7. The molecular formula is C31H29N3O4S. The van der Waals surface area contributed by atoms with E-state index in [-0.39, 0.29) is 10.5 Å². The summed E-state index contributed by atoms with van der Waals surface area (Å²) in [6.45, 7) is 4.09. The molecule has 1 heterocycles. The van der Waals surface area contributed by atoms with Crippen LogP contribution in [0, 0.1) is 6.92 Å². The zero-order chi connectivity index (χ0) is 27.6. The van der Waals surface area contributed by atoms with Crippen LogP contribution in [-0.2, 0) is 16.4 Å². The van der Waals surface area contributed by atoms with Crippen molar-refractivity contribution in [3.05, 3.63) is 108 Å². The van der Waals surface area contributed by atoms with Crippen molar-refractivity contribution in [2.24, 2.45) is 0 Å². The number of carbonyl (C=O) groups is 1. The molecule has 0 aliphatic heterocycles. The zero-order valence-electron chi connectivity index (χ0n) is 21.8. The Kier molecular flexibility index (Phi) is 7.21. The molecule has 0 bridgehead atoms. The minimum absolute atomic E-state index is 0.190. The lowest BCUT2D eigenvalue weighted by atomic mass is 9.95. The van der Waals surface area contributed by atoms with Gasteiger partial charge in [0.05, 0.1) is 27.2 Å². The van der Waals surface area contributed by atoms with E-state index in [1.54, 1.807) is 54.6 Å². The van der Waals surface area contributed by atoms with E-state index in [4.69, 9.17) is 4.98 Å². The van der Waals surface area contributed by atoms with E-state index in [0.717, 1.165) is 52.9 Å². The molecule has 0 radical (unpaired) electrons. The summed E-state index contributed by atoms with van der Waals surface area (Å²) in [5, 5.41) is 9.68. The predicted molar refractivity (Wildman–Crippen MR) is 154 cm³/mol. The van der Waals surface area contributed by atoms with Crippen molar-refractivity contribution in [1.82, 2.24) is 9.55 Å². The van der Waals surface area contributed by atoms with Crippen LogP contribution in [0.5, 0.6) is 0 Å². The number of nitrogens with zero attached hydrogens (tertiary/aromatic N) is 2.